The molecule has 1 atom stereocenters. The molecule has 0 aliphatic rings. The molecule has 3 aromatic rings. The lowest BCUT2D eigenvalue weighted by Crippen LogP contribution is -2.33. The molecule has 30 heavy (non-hydrogen) atoms. The number of aryl methyl sites for hydroxylation is 1. The van der Waals surface area contributed by atoms with Crippen LogP contribution in [0.25, 0.3) is 0 Å². The number of halogens is 1. The van der Waals surface area contributed by atoms with Crippen molar-refractivity contribution in [3.05, 3.63) is 100 Å². The minimum absolute atomic E-state index is 0.122. The summed E-state index contributed by atoms with van der Waals surface area (Å²) in [4.78, 5) is 12.1. The van der Waals surface area contributed by atoms with Crippen molar-refractivity contribution in [1.82, 2.24) is 5.32 Å². The summed E-state index contributed by atoms with van der Waals surface area (Å²) in [6.07, 6.45) is 0. The summed E-state index contributed by atoms with van der Waals surface area (Å²) >= 11 is 11.7. The van der Waals surface area contributed by atoms with Crippen molar-refractivity contribution < 1.29 is 9.53 Å². The third-order valence-electron chi connectivity index (χ3n) is 4.54. The van der Waals surface area contributed by atoms with Gasteiger partial charge in [0.15, 0.2) is 5.11 Å². The second-order valence-corrected chi connectivity index (χ2v) is 7.58. The fourth-order valence-electron chi connectivity index (χ4n) is 3.03. The first-order valence-electron chi connectivity index (χ1n) is 9.63. The molecule has 3 aromatic carbocycles. The predicted molar refractivity (Wildman–Crippen MR) is 126 cm³/mol. The average Bonchev–Trinajstić information content (AvgIpc) is 2.75. The Balaban J connectivity index is 1.81. The van der Waals surface area contributed by atoms with Crippen molar-refractivity contribution in [2.75, 3.05) is 11.9 Å². The van der Waals surface area contributed by atoms with Crippen LogP contribution in [0.3, 0.4) is 0 Å². The van der Waals surface area contributed by atoms with E-state index in [2.05, 4.69) is 54.0 Å². The maximum atomic E-state index is 12.1. The Morgan fingerprint density at radius 1 is 1.03 bits per heavy atom. The minimum atomic E-state index is -0.466. The smallest absolute Gasteiger partial charge is 0.339 e. The van der Waals surface area contributed by atoms with E-state index >= 15 is 0 Å². The summed E-state index contributed by atoms with van der Waals surface area (Å²) in [5.41, 5.74) is 4.33. The lowest BCUT2D eigenvalue weighted by atomic mass is 9.98. The zero-order valence-corrected chi connectivity index (χ0v) is 18.4. The van der Waals surface area contributed by atoms with E-state index in [0.717, 1.165) is 11.1 Å². The van der Waals surface area contributed by atoms with Gasteiger partial charge in [0.1, 0.15) is 0 Å². The van der Waals surface area contributed by atoms with E-state index in [0.29, 0.717) is 21.4 Å². The van der Waals surface area contributed by atoms with Gasteiger partial charge in [-0.25, -0.2) is 4.79 Å². The summed E-state index contributed by atoms with van der Waals surface area (Å²) in [5.74, 6) is -0.466. The molecule has 0 fully saturated rings. The summed E-state index contributed by atoms with van der Waals surface area (Å²) in [7, 11) is 0. The first-order valence-corrected chi connectivity index (χ1v) is 10.4. The van der Waals surface area contributed by atoms with E-state index in [1.54, 1.807) is 25.1 Å². The van der Waals surface area contributed by atoms with Crippen molar-refractivity contribution in [3.8, 4) is 0 Å². The summed E-state index contributed by atoms with van der Waals surface area (Å²) in [6.45, 7) is 4.09. The largest absolute Gasteiger partial charge is 0.462 e. The first kappa shape index (κ1) is 21.8. The van der Waals surface area contributed by atoms with Crippen molar-refractivity contribution in [2.45, 2.75) is 19.9 Å². The monoisotopic (exact) mass is 438 g/mol. The fraction of sp³-hybridized carbons (Fsp3) is 0.167. The van der Waals surface area contributed by atoms with Gasteiger partial charge in [-0.2, -0.15) is 0 Å². The van der Waals surface area contributed by atoms with Crippen LogP contribution in [0.15, 0.2) is 72.8 Å². The number of hydrogen-bond donors (Lipinski definition) is 2. The van der Waals surface area contributed by atoms with E-state index < -0.39 is 5.97 Å². The van der Waals surface area contributed by atoms with Crippen LogP contribution in [-0.4, -0.2) is 17.7 Å². The van der Waals surface area contributed by atoms with Crippen LogP contribution in [0.4, 0.5) is 5.69 Å². The Kier molecular flexibility index (Phi) is 7.44. The fourth-order valence-corrected chi connectivity index (χ4v) is 3.46. The Morgan fingerprint density at radius 3 is 2.37 bits per heavy atom. The maximum Gasteiger partial charge on any atom is 0.339 e. The van der Waals surface area contributed by atoms with E-state index in [1.165, 1.54) is 5.56 Å². The molecule has 2 N–H and O–H groups in total. The zero-order valence-electron chi connectivity index (χ0n) is 16.8. The molecular formula is C24H23ClN2O2S. The molecule has 0 aliphatic carbocycles. The van der Waals surface area contributed by atoms with Gasteiger partial charge in [-0.1, -0.05) is 71.8 Å². The van der Waals surface area contributed by atoms with Gasteiger partial charge in [0.25, 0.3) is 0 Å². The van der Waals surface area contributed by atoms with Crippen LogP contribution in [0.5, 0.6) is 0 Å². The second-order valence-electron chi connectivity index (χ2n) is 6.77. The van der Waals surface area contributed by atoms with Crippen molar-refractivity contribution >= 4 is 40.6 Å². The van der Waals surface area contributed by atoms with Crippen LogP contribution >= 0.6 is 23.8 Å². The Hall–Kier alpha value is -2.89. The molecule has 0 saturated carbocycles. The van der Waals surface area contributed by atoms with Crippen LogP contribution in [-0.2, 0) is 4.74 Å². The lowest BCUT2D eigenvalue weighted by Gasteiger charge is -2.22. The maximum absolute atomic E-state index is 12.1. The topological polar surface area (TPSA) is 50.4 Å². The van der Waals surface area contributed by atoms with Crippen molar-refractivity contribution in [3.63, 3.8) is 0 Å². The van der Waals surface area contributed by atoms with E-state index in [9.17, 15) is 4.79 Å². The number of hydrogen-bond acceptors (Lipinski definition) is 3. The van der Waals surface area contributed by atoms with Gasteiger partial charge in [0.2, 0.25) is 0 Å². The molecule has 0 aromatic heterocycles. The SMILES string of the molecule is CCOC(=O)c1cc(NC(=S)NC(c2ccccc2)c2ccc(C)cc2)ccc1Cl. The average molecular weight is 439 g/mol. The molecular weight excluding hydrogens is 416 g/mol. The molecule has 0 saturated heterocycles. The number of esters is 1. The quantitative estimate of drug-likeness (QED) is 0.370. The second kappa shape index (κ2) is 10.2. The van der Waals surface area contributed by atoms with Crippen LogP contribution in [0, 0.1) is 6.92 Å². The van der Waals surface area contributed by atoms with Gasteiger partial charge < -0.3 is 15.4 Å². The third kappa shape index (κ3) is 5.59. The van der Waals surface area contributed by atoms with Crippen molar-refractivity contribution in [1.29, 1.82) is 0 Å². The van der Waals surface area contributed by atoms with E-state index in [4.69, 9.17) is 28.6 Å². The highest BCUT2D eigenvalue weighted by Crippen LogP contribution is 2.24. The number of thiocarbonyl (C=S) groups is 1. The van der Waals surface area contributed by atoms with Crippen molar-refractivity contribution in [2.24, 2.45) is 0 Å². The number of ether oxygens (including phenoxy) is 1. The first-order chi connectivity index (χ1) is 14.5. The standard InChI is InChI=1S/C24H23ClN2O2S/c1-3-29-23(28)20-15-19(13-14-21(20)25)26-24(30)27-22(17-7-5-4-6-8-17)18-11-9-16(2)10-12-18/h4-15,22H,3H2,1-2H3,(H2,26,27,30). The number of benzene rings is 3. The summed E-state index contributed by atoms with van der Waals surface area (Å²) < 4.78 is 5.06. The lowest BCUT2D eigenvalue weighted by molar-refractivity contribution is 0.0526. The number of carbonyl (C=O) groups is 1. The van der Waals surface area contributed by atoms with Gasteiger partial charge in [0, 0.05) is 5.69 Å². The normalized spacial score (nSPS) is 11.4. The van der Waals surface area contributed by atoms with Crippen LogP contribution in [0.1, 0.15) is 40.0 Å². The molecule has 0 aliphatic heterocycles. The van der Waals surface area contributed by atoms with Gasteiger partial charge in [-0.05, 0) is 55.4 Å². The zero-order chi connectivity index (χ0) is 21.5. The van der Waals surface area contributed by atoms with E-state index in [1.807, 2.05) is 18.2 Å². The molecule has 1 unspecified atom stereocenters. The van der Waals surface area contributed by atoms with Crippen LogP contribution < -0.4 is 10.6 Å². The van der Waals surface area contributed by atoms with E-state index in [-0.39, 0.29) is 12.6 Å². The number of carbonyl (C=O) groups excluding carboxylic acids is 1. The highest BCUT2D eigenvalue weighted by Gasteiger charge is 2.16. The van der Waals surface area contributed by atoms with Crippen LogP contribution in [0.2, 0.25) is 5.02 Å². The number of rotatable bonds is 6. The van der Waals surface area contributed by atoms with Gasteiger partial charge in [-0.3, -0.25) is 0 Å². The third-order valence-corrected chi connectivity index (χ3v) is 5.09. The highest BCUT2D eigenvalue weighted by atomic mass is 35.5. The Morgan fingerprint density at radius 2 is 1.70 bits per heavy atom. The Labute approximate surface area is 187 Å². The van der Waals surface area contributed by atoms with Gasteiger partial charge in [-0.15, -0.1) is 0 Å². The predicted octanol–water partition coefficient (Wildman–Crippen LogP) is 5.90. The number of anilines is 1. The summed E-state index contributed by atoms with van der Waals surface area (Å²) in [6, 6.07) is 23.4. The summed E-state index contributed by atoms with van der Waals surface area (Å²) in [5, 5.41) is 7.28. The Bertz CT molecular complexity index is 1020. The molecule has 0 amide bonds. The molecule has 6 heteroatoms. The molecule has 0 radical (unpaired) electrons. The molecule has 4 nitrogen and oxygen atoms in total. The molecule has 154 valence electrons. The number of nitrogens with one attached hydrogen (secondary N) is 2. The minimum Gasteiger partial charge on any atom is -0.462 e. The highest BCUT2D eigenvalue weighted by molar-refractivity contribution is 7.80. The molecule has 0 bridgehead atoms. The van der Waals surface area contributed by atoms with Gasteiger partial charge >= 0.3 is 5.97 Å². The molecule has 0 spiro atoms. The molecule has 3 rings (SSSR count). The van der Waals surface area contributed by atoms with Gasteiger partial charge in [0.05, 0.1) is 23.2 Å². The molecule has 0 heterocycles.